The molecule has 0 fully saturated rings. The molecule has 266 valence electrons. The van der Waals surface area contributed by atoms with Gasteiger partial charge in [0.15, 0.2) is 0 Å². The second kappa shape index (κ2) is 12.5. The van der Waals surface area contributed by atoms with Crippen LogP contribution >= 0.6 is 0 Å². The number of fused-ring (bicyclic) bond motifs is 10. The Labute approximate surface area is 329 Å². The van der Waals surface area contributed by atoms with E-state index in [0.29, 0.717) is 0 Å². The van der Waals surface area contributed by atoms with Gasteiger partial charge in [0.1, 0.15) is 0 Å². The van der Waals surface area contributed by atoms with E-state index in [1.165, 1.54) is 93.4 Å². The molecule has 0 N–H and O–H groups in total. The number of hydrogen-bond acceptors (Lipinski definition) is 0. The molecule has 0 spiro atoms. The first-order valence-corrected chi connectivity index (χ1v) is 19.6. The van der Waals surface area contributed by atoms with Gasteiger partial charge in [-0.3, -0.25) is 0 Å². The Kier molecular flexibility index (Phi) is 6.93. The summed E-state index contributed by atoms with van der Waals surface area (Å²) in [5.74, 6) is 0. The van der Waals surface area contributed by atoms with Crippen LogP contribution in [0.2, 0.25) is 0 Å². The van der Waals surface area contributed by atoms with Gasteiger partial charge in [0.25, 0.3) is 0 Å². The van der Waals surface area contributed by atoms with Crippen molar-refractivity contribution in [2.45, 2.75) is 0 Å². The van der Waals surface area contributed by atoms with Gasteiger partial charge in [0, 0.05) is 49.4 Å². The summed E-state index contributed by atoms with van der Waals surface area (Å²) in [6, 6.07) is 77.4. The highest BCUT2D eigenvalue weighted by atomic mass is 15.0. The summed E-state index contributed by atoms with van der Waals surface area (Å²) in [7, 11) is 0. The number of nitrogens with zero attached hydrogens (tertiary/aromatic N) is 3. The topological polar surface area (TPSA) is 14.8 Å². The number of para-hydroxylation sites is 4. The van der Waals surface area contributed by atoms with Crippen LogP contribution < -0.4 is 0 Å². The fourth-order valence-corrected chi connectivity index (χ4v) is 9.30. The van der Waals surface area contributed by atoms with Crippen LogP contribution in [0.5, 0.6) is 0 Å². The molecule has 0 saturated heterocycles. The van der Waals surface area contributed by atoms with Crippen LogP contribution in [0.15, 0.2) is 212 Å². The second-order valence-corrected chi connectivity index (χ2v) is 14.9. The van der Waals surface area contributed by atoms with Crippen molar-refractivity contribution in [3.05, 3.63) is 212 Å². The molecule has 0 radical (unpaired) electrons. The van der Waals surface area contributed by atoms with Gasteiger partial charge in [-0.05, 0) is 101 Å². The van der Waals surface area contributed by atoms with Crippen LogP contribution in [0.4, 0.5) is 0 Å². The normalized spacial score (nSPS) is 11.9. The summed E-state index contributed by atoms with van der Waals surface area (Å²) in [5, 5.41) is 7.48. The van der Waals surface area contributed by atoms with Gasteiger partial charge in [0.05, 0.1) is 33.1 Å². The third-order valence-electron chi connectivity index (χ3n) is 11.8. The van der Waals surface area contributed by atoms with Crippen molar-refractivity contribution in [2.75, 3.05) is 0 Å². The van der Waals surface area contributed by atoms with Gasteiger partial charge in [-0.1, -0.05) is 133 Å². The molecule has 57 heavy (non-hydrogen) atoms. The highest BCUT2D eigenvalue weighted by Crippen LogP contribution is 2.44. The average molecular weight is 726 g/mol. The zero-order valence-electron chi connectivity index (χ0n) is 31.0. The van der Waals surface area contributed by atoms with Gasteiger partial charge in [-0.15, -0.1) is 0 Å². The second-order valence-electron chi connectivity index (χ2n) is 14.9. The first-order chi connectivity index (χ1) is 28.3. The first-order valence-electron chi connectivity index (χ1n) is 19.6. The minimum atomic E-state index is 1.14. The molecule has 12 rings (SSSR count). The molecule has 12 aromatic rings. The maximum Gasteiger partial charge on any atom is 0.0641 e. The summed E-state index contributed by atoms with van der Waals surface area (Å²) in [6.45, 7) is 0. The summed E-state index contributed by atoms with van der Waals surface area (Å²) in [5.41, 5.74) is 15.5. The van der Waals surface area contributed by atoms with Crippen LogP contribution in [0.3, 0.4) is 0 Å². The highest BCUT2D eigenvalue weighted by molar-refractivity contribution is 6.26. The summed E-state index contributed by atoms with van der Waals surface area (Å²) >= 11 is 0. The molecule has 0 unspecified atom stereocenters. The van der Waals surface area contributed by atoms with E-state index in [2.05, 4.69) is 226 Å². The summed E-state index contributed by atoms with van der Waals surface area (Å²) in [4.78, 5) is 0. The van der Waals surface area contributed by atoms with E-state index >= 15 is 0 Å². The van der Waals surface area contributed by atoms with E-state index in [1.54, 1.807) is 0 Å². The Morgan fingerprint density at radius 2 is 0.649 bits per heavy atom. The maximum absolute atomic E-state index is 2.46. The highest BCUT2D eigenvalue weighted by Gasteiger charge is 2.22. The van der Waals surface area contributed by atoms with Gasteiger partial charge < -0.3 is 13.7 Å². The lowest BCUT2D eigenvalue weighted by atomic mass is 10.00. The lowest BCUT2D eigenvalue weighted by Gasteiger charge is -2.11. The molecule has 0 aliphatic rings. The number of hydrogen-bond donors (Lipinski definition) is 0. The first kappa shape index (κ1) is 31.7. The number of aromatic nitrogens is 3. The SMILES string of the molecule is c1ccc(-c2ccc(-n3c4ccc(-c5ccc6c(c5)c5ccccc5n6-c5ccccc5)cc4c4c3ccc3c5ccccc5n(-c5ccccc5)c34)cc2)cc1. The Balaban J connectivity index is 1.15. The number of benzene rings is 9. The van der Waals surface area contributed by atoms with Crippen molar-refractivity contribution in [3.63, 3.8) is 0 Å². The lowest BCUT2D eigenvalue weighted by molar-refractivity contribution is 1.17. The zero-order valence-corrected chi connectivity index (χ0v) is 31.0. The quantitative estimate of drug-likeness (QED) is 0.168. The lowest BCUT2D eigenvalue weighted by Crippen LogP contribution is -1.95. The van der Waals surface area contributed by atoms with Gasteiger partial charge >= 0.3 is 0 Å². The Bertz CT molecular complexity index is 3480. The van der Waals surface area contributed by atoms with Crippen LogP contribution in [0.25, 0.3) is 105 Å². The number of rotatable bonds is 5. The van der Waals surface area contributed by atoms with Crippen LogP contribution in [0, 0.1) is 0 Å². The summed E-state index contributed by atoms with van der Waals surface area (Å²) in [6.07, 6.45) is 0. The van der Waals surface area contributed by atoms with Crippen LogP contribution in [-0.4, -0.2) is 13.7 Å². The van der Waals surface area contributed by atoms with Crippen molar-refractivity contribution < 1.29 is 0 Å². The minimum Gasteiger partial charge on any atom is -0.309 e. The standard InChI is InChI=1S/C54H35N3/c1-4-14-36(15-5-1)37-24-28-42(29-25-37)56-51-32-27-39(38-26-31-50-46(34-38)44-21-11-12-22-48(44)55(50)40-16-6-2-7-17-40)35-47(51)53-52(56)33-30-45-43-20-10-13-23-49(43)57(54(45)53)41-18-8-3-9-19-41/h1-35H. The Morgan fingerprint density at radius 1 is 0.228 bits per heavy atom. The molecule has 0 amide bonds. The molecule has 0 bridgehead atoms. The predicted molar refractivity (Wildman–Crippen MR) is 240 cm³/mol. The fraction of sp³-hybridized carbons (Fsp3) is 0. The maximum atomic E-state index is 2.46. The largest absolute Gasteiger partial charge is 0.309 e. The molecule has 9 aromatic carbocycles. The third kappa shape index (κ3) is 4.79. The zero-order chi connectivity index (χ0) is 37.5. The third-order valence-corrected chi connectivity index (χ3v) is 11.8. The molecule has 0 saturated carbocycles. The Morgan fingerprint density at radius 3 is 1.32 bits per heavy atom. The van der Waals surface area contributed by atoms with E-state index in [-0.39, 0.29) is 0 Å². The van der Waals surface area contributed by atoms with E-state index < -0.39 is 0 Å². The van der Waals surface area contributed by atoms with Crippen molar-refractivity contribution in [2.24, 2.45) is 0 Å². The molecule has 3 heteroatoms. The van der Waals surface area contributed by atoms with Gasteiger partial charge in [-0.25, -0.2) is 0 Å². The molecule has 3 heterocycles. The van der Waals surface area contributed by atoms with Crippen molar-refractivity contribution in [1.29, 1.82) is 0 Å². The van der Waals surface area contributed by atoms with Crippen molar-refractivity contribution >= 4 is 65.4 Å². The molecule has 0 aliphatic carbocycles. The Hall–Kier alpha value is -7.62. The summed E-state index contributed by atoms with van der Waals surface area (Å²) < 4.78 is 7.30. The average Bonchev–Trinajstić information content (AvgIpc) is 3.92. The molecule has 3 nitrogen and oxygen atoms in total. The van der Waals surface area contributed by atoms with E-state index in [0.717, 1.165) is 11.4 Å². The molecule has 0 atom stereocenters. The van der Waals surface area contributed by atoms with Gasteiger partial charge in [0.2, 0.25) is 0 Å². The van der Waals surface area contributed by atoms with Crippen molar-refractivity contribution in [3.8, 4) is 39.3 Å². The van der Waals surface area contributed by atoms with Gasteiger partial charge in [-0.2, -0.15) is 0 Å². The van der Waals surface area contributed by atoms with E-state index in [9.17, 15) is 0 Å². The molecular formula is C54H35N3. The van der Waals surface area contributed by atoms with Crippen molar-refractivity contribution in [1.82, 2.24) is 13.7 Å². The molecular weight excluding hydrogens is 691 g/mol. The van der Waals surface area contributed by atoms with Crippen LogP contribution in [-0.2, 0) is 0 Å². The predicted octanol–water partition coefficient (Wildman–Crippen LogP) is 14.3. The van der Waals surface area contributed by atoms with Crippen LogP contribution in [0.1, 0.15) is 0 Å². The monoisotopic (exact) mass is 725 g/mol. The fourth-order valence-electron chi connectivity index (χ4n) is 9.30. The smallest absolute Gasteiger partial charge is 0.0641 e. The van der Waals surface area contributed by atoms with E-state index in [1.807, 2.05) is 0 Å². The minimum absolute atomic E-state index is 1.14. The van der Waals surface area contributed by atoms with E-state index in [4.69, 9.17) is 0 Å². The molecule has 0 aliphatic heterocycles. The molecule has 3 aromatic heterocycles.